The van der Waals surface area contributed by atoms with Gasteiger partial charge in [0.05, 0.1) is 18.4 Å². The van der Waals surface area contributed by atoms with E-state index < -0.39 is 41.5 Å². The fourth-order valence-corrected chi connectivity index (χ4v) is 5.81. The van der Waals surface area contributed by atoms with Crippen LogP contribution in [0.1, 0.15) is 103 Å². The molecule has 0 saturated carbocycles. The van der Waals surface area contributed by atoms with E-state index in [1.807, 2.05) is 50.2 Å². The zero-order chi connectivity index (χ0) is 34.6. The number of aliphatic carboxylic acids is 1. The van der Waals surface area contributed by atoms with Crippen molar-refractivity contribution < 1.29 is 38.6 Å². The molecule has 0 heterocycles. The van der Waals surface area contributed by atoms with Crippen molar-refractivity contribution in [3.8, 4) is 11.1 Å². The number of carbonyl (C=O) groups excluding carboxylic acids is 4. The van der Waals surface area contributed by atoms with Crippen molar-refractivity contribution in [1.82, 2.24) is 10.6 Å². The van der Waals surface area contributed by atoms with Gasteiger partial charge in [0.15, 0.2) is 5.78 Å². The zero-order valence-electron chi connectivity index (χ0n) is 28.3. The molecule has 2 amide bonds. The molecule has 256 valence electrons. The van der Waals surface area contributed by atoms with E-state index in [9.17, 15) is 24.0 Å². The van der Waals surface area contributed by atoms with Gasteiger partial charge in [-0.15, -0.1) is 0 Å². The highest BCUT2D eigenvalue weighted by Gasteiger charge is 2.32. The van der Waals surface area contributed by atoms with Crippen LogP contribution in [0, 0.1) is 11.8 Å². The summed E-state index contributed by atoms with van der Waals surface area (Å²) in [6.07, 6.45) is 1.65. The lowest BCUT2D eigenvalue weighted by Crippen LogP contribution is -2.45. The van der Waals surface area contributed by atoms with Crippen molar-refractivity contribution in [2.75, 3.05) is 13.2 Å². The number of unbranched alkanes of at least 4 members (excludes halogenated alkanes) is 2. The molecule has 3 N–H and O–H groups in total. The molecule has 1 aliphatic carbocycles. The standard InChI is InChI=1S/C37H50N2O8/c1-24(2)29(22-34(43)46-23-30-27-16-8-6-14-25(27)26-15-7-9-17-28(26)30)35(44)39-31(32(40)19-10-11-20-33(41)42)18-12-13-21-38-36(45)47-37(3,4)5/h6-9,14-17,24,29-31H,10-13,18-23H2,1-5H3,(H,38,45)(H,39,44)(H,41,42)/t29-,31-/m0/s1. The lowest BCUT2D eigenvalue weighted by Gasteiger charge is -2.24. The van der Waals surface area contributed by atoms with E-state index in [-0.39, 0.29) is 43.5 Å². The predicted octanol–water partition coefficient (Wildman–Crippen LogP) is 6.40. The number of benzene rings is 2. The maximum Gasteiger partial charge on any atom is 0.407 e. The number of carboxylic acid groups (broad SMARTS) is 1. The number of alkyl carbamates (subject to hydrolysis) is 1. The summed E-state index contributed by atoms with van der Waals surface area (Å²) in [6.45, 7) is 9.55. The molecule has 2 aromatic rings. The first kappa shape index (κ1) is 37.2. The Balaban J connectivity index is 1.58. The molecule has 47 heavy (non-hydrogen) atoms. The zero-order valence-corrected chi connectivity index (χ0v) is 28.3. The first-order valence-corrected chi connectivity index (χ1v) is 16.6. The van der Waals surface area contributed by atoms with Gasteiger partial charge >= 0.3 is 18.0 Å². The van der Waals surface area contributed by atoms with E-state index in [1.54, 1.807) is 20.8 Å². The summed E-state index contributed by atoms with van der Waals surface area (Å²) in [5.41, 5.74) is 3.85. The average molecular weight is 651 g/mol. The fraction of sp³-hybridized carbons (Fsp3) is 0.541. The molecule has 2 aromatic carbocycles. The molecule has 10 heteroatoms. The Morgan fingerprint density at radius 1 is 0.851 bits per heavy atom. The maximum atomic E-state index is 13.5. The van der Waals surface area contributed by atoms with E-state index in [0.717, 1.165) is 22.3 Å². The fourth-order valence-electron chi connectivity index (χ4n) is 5.81. The van der Waals surface area contributed by atoms with Crippen LogP contribution in [0.4, 0.5) is 4.79 Å². The van der Waals surface area contributed by atoms with Gasteiger partial charge in [-0.1, -0.05) is 62.4 Å². The molecule has 0 bridgehead atoms. The third-order valence-corrected chi connectivity index (χ3v) is 8.26. The third-order valence-electron chi connectivity index (χ3n) is 8.26. The lowest BCUT2D eigenvalue weighted by molar-refractivity contribution is -0.148. The molecule has 0 aliphatic heterocycles. The molecule has 0 spiro atoms. The summed E-state index contributed by atoms with van der Waals surface area (Å²) < 4.78 is 11.0. The van der Waals surface area contributed by atoms with E-state index >= 15 is 0 Å². The van der Waals surface area contributed by atoms with Crippen molar-refractivity contribution in [2.24, 2.45) is 11.8 Å². The number of esters is 1. The SMILES string of the molecule is CC(C)[C@H](CC(=O)OCC1c2ccccc2-c2ccccc21)C(=O)N[C@@H](CCCCNC(=O)OC(C)(C)C)C(=O)CCCCC(=O)O. The number of nitrogens with one attached hydrogen (secondary N) is 2. The highest BCUT2D eigenvalue weighted by molar-refractivity contribution is 5.91. The molecule has 2 atom stereocenters. The van der Waals surface area contributed by atoms with Crippen molar-refractivity contribution in [3.05, 3.63) is 59.7 Å². The first-order valence-electron chi connectivity index (χ1n) is 16.6. The lowest BCUT2D eigenvalue weighted by atomic mass is 9.90. The molecule has 3 rings (SSSR count). The monoisotopic (exact) mass is 650 g/mol. The van der Waals surface area contributed by atoms with Crippen LogP contribution in [-0.4, -0.2) is 59.6 Å². The van der Waals surface area contributed by atoms with Crippen LogP contribution in [0.25, 0.3) is 11.1 Å². The average Bonchev–Trinajstić information content (AvgIpc) is 3.32. The number of ether oxygens (including phenoxy) is 2. The third kappa shape index (κ3) is 11.8. The van der Waals surface area contributed by atoms with Crippen molar-refractivity contribution >= 4 is 29.7 Å². The summed E-state index contributed by atoms with van der Waals surface area (Å²) in [7, 11) is 0. The van der Waals surface area contributed by atoms with E-state index in [2.05, 4.69) is 22.8 Å². The minimum absolute atomic E-state index is 0.0315. The minimum atomic E-state index is -0.923. The molecular formula is C37H50N2O8. The van der Waals surface area contributed by atoms with Crippen LogP contribution in [0.5, 0.6) is 0 Å². The molecule has 0 radical (unpaired) electrons. The number of Topliss-reactive ketones (excluding diaryl/α,β-unsaturated/α-hetero) is 1. The van der Waals surface area contributed by atoms with Gasteiger partial charge in [0.2, 0.25) is 5.91 Å². The van der Waals surface area contributed by atoms with Gasteiger partial charge in [-0.25, -0.2) is 4.79 Å². The number of hydrogen-bond donors (Lipinski definition) is 3. The van der Waals surface area contributed by atoms with Crippen LogP contribution >= 0.6 is 0 Å². The Kier molecular flexibility index (Phi) is 14.0. The van der Waals surface area contributed by atoms with Crippen molar-refractivity contribution in [1.29, 1.82) is 0 Å². The highest BCUT2D eigenvalue weighted by Crippen LogP contribution is 2.44. The van der Waals surface area contributed by atoms with Crippen LogP contribution in [-0.2, 0) is 28.7 Å². The van der Waals surface area contributed by atoms with E-state index in [1.165, 1.54) is 0 Å². The van der Waals surface area contributed by atoms with E-state index in [4.69, 9.17) is 14.6 Å². The second-order valence-corrected chi connectivity index (χ2v) is 13.5. The normalized spacial score (nSPS) is 13.7. The van der Waals surface area contributed by atoms with Crippen LogP contribution in [0.15, 0.2) is 48.5 Å². The first-order chi connectivity index (χ1) is 22.3. The summed E-state index contributed by atoms with van der Waals surface area (Å²) in [4.78, 5) is 62.6. The van der Waals surface area contributed by atoms with Gasteiger partial charge in [-0.05, 0) is 81.0 Å². The molecule has 0 aromatic heterocycles. The molecule has 0 saturated heterocycles. The number of hydrogen-bond acceptors (Lipinski definition) is 7. The Hall–Kier alpha value is -4.21. The number of carbonyl (C=O) groups is 5. The molecule has 10 nitrogen and oxygen atoms in total. The van der Waals surface area contributed by atoms with Gasteiger partial charge in [-0.2, -0.15) is 0 Å². The highest BCUT2D eigenvalue weighted by atomic mass is 16.6. The number of rotatable bonds is 18. The quantitative estimate of drug-likeness (QED) is 0.124. The Labute approximate surface area is 278 Å². The summed E-state index contributed by atoms with van der Waals surface area (Å²) in [6, 6.07) is 15.4. The Bertz CT molecular complexity index is 1350. The largest absolute Gasteiger partial charge is 0.481 e. The smallest absolute Gasteiger partial charge is 0.407 e. The van der Waals surface area contributed by atoms with Crippen LogP contribution in [0.2, 0.25) is 0 Å². The molecule has 0 unspecified atom stereocenters. The second-order valence-electron chi connectivity index (χ2n) is 13.5. The van der Waals surface area contributed by atoms with Crippen LogP contribution < -0.4 is 10.6 Å². The molecule has 0 fully saturated rings. The summed E-state index contributed by atoms with van der Waals surface area (Å²) in [5, 5.41) is 14.5. The summed E-state index contributed by atoms with van der Waals surface area (Å²) in [5.74, 6) is -2.98. The Morgan fingerprint density at radius 2 is 1.45 bits per heavy atom. The van der Waals surface area contributed by atoms with Gasteiger partial charge in [0.25, 0.3) is 0 Å². The molecular weight excluding hydrogens is 600 g/mol. The second kappa shape index (κ2) is 17.6. The van der Waals surface area contributed by atoms with Crippen molar-refractivity contribution in [2.45, 2.75) is 104 Å². The predicted molar refractivity (Wildman–Crippen MR) is 179 cm³/mol. The topological polar surface area (TPSA) is 148 Å². The number of carboxylic acids is 1. The van der Waals surface area contributed by atoms with Crippen molar-refractivity contribution in [3.63, 3.8) is 0 Å². The van der Waals surface area contributed by atoms with Gasteiger partial charge in [0.1, 0.15) is 12.2 Å². The van der Waals surface area contributed by atoms with Gasteiger partial charge in [-0.3, -0.25) is 19.2 Å². The Morgan fingerprint density at radius 3 is 2.02 bits per heavy atom. The van der Waals surface area contributed by atoms with Gasteiger partial charge in [0, 0.05) is 25.3 Å². The maximum absolute atomic E-state index is 13.5. The minimum Gasteiger partial charge on any atom is -0.481 e. The van der Waals surface area contributed by atoms with Crippen LogP contribution in [0.3, 0.4) is 0 Å². The number of ketones is 1. The number of amides is 2. The van der Waals surface area contributed by atoms with Gasteiger partial charge < -0.3 is 25.2 Å². The summed E-state index contributed by atoms with van der Waals surface area (Å²) >= 11 is 0. The molecule has 1 aliphatic rings. The number of fused-ring (bicyclic) bond motifs is 3. The van der Waals surface area contributed by atoms with E-state index in [0.29, 0.717) is 38.6 Å².